The Morgan fingerprint density at radius 3 is 1.12 bits per heavy atom. The number of allylic oxidation sites excluding steroid dienone is 3. The Balaban J connectivity index is 1.96. The van der Waals surface area contributed by atoms with Crippen molar-refractivity contribution in [2.45, 2.75) is 24.7 Å². The van der Waals surface area contributed by atoms with E-state index >= 15 is 0 Å². The summed E-state index contributed by atoms with van der Waals surface area (Å²) in [6.07, 6.45) is 6.16. The van der Waals surface area contributed by atoms with Crippen molar-refractivity contribution in [3.63, 3.8) is 0 Å². The number of rotatable bonds is 9. The van der Waals surface area contributed by atoms with Crippen LogP contribution in [0.1, 0.15) is 56.7 Å². The van der Waals surface area contributed by atoms with Crippen LogP contribution >= 0.6 is 0 Å². The molecule has 0 aliphatic carbocycles. The topological polar surface area (TPSA) is 0 Å². The zero-order chi connectivity index (χ0) is 23.9. The fourth-order valence-electron chi connectivity index (χ4n) is 4.94. The molecule has 0 N–H and O–H groups in total. The van der Waals surface area contributed by atoms with Crippen LogP contribution in [0, 0.1) is 6.92 Å². The Bertz CT molecular complexity index is 1180. The summed E-state index contributed by atoms with van der Waals surface area (Å²) in [5.41, 5.74) is 8.80. The van der Waals surface area contributed by atoms with Crippen molar-refractivity contribution in [2.75, 3.05) is 0 Å². The van der Waals surface area contributed by atoms with Crippen molar-refractivity contribution in [3.05, 3.63) is 180 Å². The molecular formula is C34H32. The Morgan fingerprint density at radius 2 is 0.794 bits per heavy atom. The minimum atomic E-state index is 0.0989. The minimum absolute atomic E-state index is 0.0989. The van der Waals surface area contributed by atoms with Gasteiger partial charge in [-0.1, -0.05) is 121 Å². The van der Waals surface area contributed by atoms with Gasteiger partial charge in [-0.3, -0.25) is 0 Å². The highest BCUT2D eigenvalue weighted by Gasteiger charge is 2.23. The molecule has 0 amide bonds. The first-order valence-corrected chi connectivity index (χ1v) is 11.8. The third-order valence-electron chi connectivity index (χ3n) is 6.72. The SMILES string of the molecule is C=CC(c1ccccc1)c1cc(C(C=C)c2ccccc2)c(C)c(C(C=C)c2ccccc2)c1. The number of hydrogen-bond donors (Lipinski definition) is 0. The quantitative estimate of drug-likeness (QED) is 0.228. The summed E-state index contributed by atoms with van der Waals surface area (Å²) >= 11 is 0. The Labute approximate surface area is 204 Å². The molecular weight excluding hydrogens is 408 g/mol. The number of benzene rings is 4. The third-order valence-corrected chi connectivity index (χ3v) is 6.72. The molecule has 4 rings (SSSR count). The van der Waals surface area contributed by atoms with Gasteiger partial charge in [-0.15, -0.1) is 19.7 Å². The molecule has 3 atom stereocenters. The highest BCUT2D eigenvalue weighted by molar-refractivity contribution is 5.53. The van der Waals surface area contributed by atoms with E-state index in [1.54, 1.807) is 0 Å². The zero-order valence-electron chi connectivity index (χ0n) is 19.9. The van der Waals surface area contributed by atoms with Gasteiger partial charge in [-0.05, 0) is 45.9 Å². The summed E-state index contributed by atoms with van der Waals surface area (Å²) in [6, 6.07) is 36.5. The average molecular weight is 441 g/mol. The molecule has 0 heteroatoms. The van der Waals surface area contributed by atoms with Crippen LogP contribution in [-0.2, 0) is 0 Å². The summed E-state index contributed by atoms with van der Waals surface area (Å²) in [7, 11) is 0. The third kappa shape index (κ3) is 4.72. The predicted molar refractivity (Wildman–Crippen MR) is 147 cm³/mol. The van der Waals surface area contributed by atoms with Crippen molar-refractivity contribution in [3.8, 4) is 0 Å². The molecule has 0 radical (unpaired) electrons. The van der Waals surface area contributed by atoms with Crippen LogP contribution in [0.4, 0.5) is 0 Å². The van der Waals surface area contributed by atoms with E-state index in [0.717, 1.165) is 0 Å². The minimum Gasteiger partial charge on any atom is -0.102 e. The second-order valence-corrected chi connectivity index (χ2v) is 8.70. The first-order valence-electron chi connectivity index (χ1n) is 11.8. The molecule has 0 nitrogen and oxygen atoms in total. The van der Waals surface area contributed by atoms with Gasteiger partial charge in [0.2, 0.25) is 0 Å². The molecule has 4 aromatic carbocycles. The van der Waals surface area contributed by atoms with Crippen molar-refractivity contribution in [2.24, 2.45) is 0 Å². The molecule has 0 saturated carbocycles. The van der Waals surface area contributed by atoms with Gasteiger partial charge in [0, 0.05) is 17.8 Å². The van der Waals surface area contributed by atoms with Gasteiger partial charge >= 0.3 is 0 Å². The monoisotopic (exact) mass is 440 g/mol. The summed E-state index contributed by atoms with van der Waals surface area (Å²) in [4.78, 5) is 0. The van der Waals surface area contributed by atoms with E-state index in [1.807, 2.05) is 6.08 Å². The second kappa shape index (κ2) is 10.8. The lowest BCUT2D eigenvalue weighted by Crippen LogP contribution is -2.10. The van der Waals surface area contributed by atoms with Crippen LogP contribution < -0.4 is 0 Å². The Hall–Kier alpha value is -3.90. The normalized spacial score (nSPS) is 13.4. The average Bonchev–Trinajstić information content (AvgIpc) is 2.89. The van der Waals surface area contributed by atoms with Gasteiger partial charge in [-0.2, -0.15) is 0 Å². The Morgan fingerprint density at radius 1 is 0.471 bits per heavy atom. The fraction of sp³-hybridized carbons (Fsp3) is 0.118. The van der Waals surface area contributed by atoms with E-state index in [1.165, 1.54) is 38.9 Å². The number of hydrogen-bond acceptors (Lipinski definition) is 0. The summed E-state index contributed by atoms with van der Waals surface area (Å²) < 4.78 is 0. The lowest BCUT2D eigenvalue weighted by molar-refractivity contribution is 0.927. The van der Waals surface area contributed by atoms with Crippen molar-refractivity contribution in [1.29, 1.82) is 0 Å². The van der Waals surface area contributed by atoms with Crippen molar-refractivity contribution in [1.82, 2.24) is 0 Å². The smallest absolute Gasteiger partial charge is 0.0269 e. The van der Waals surface area contributed by atoms with Crippen LogP contribution in [-0.4, -0.2) is 0 Å². The molecule has 0 aliphatic heterocycles. The van der Waals surface area contributed by atoms with Gasteiger partial charge in [0.05, 0.1) is 0 Å². The maximum Gasteiger partial charge on any atom is 0.0269 e. The Kier molecular flexibility index (Phi) is 7.40. The second-order valence-electron chi connectivity index (χ2n) is 8.70. The first-order chi connectivity index (χ1) is 16.7. The van der Waals surface area contributed by atoms with E-state index in [0.29, 0.717) is 0 Å². The molecule has 168 valence electrons. The largest absolute Gasteiger partial charge is 0.102 e. The first kappa shape index (κ1) is 23.3. The standard InChI is InChI=1S/C34H32/c1-5-30(26-17-11-8-12-18-26)29-23-33(31(6-2)27-19-13-9-14-20-27)25(4)34(24-29)32(7-3)28-21-15-10-16-22-28/h5-24,30-32H,1-3H2,4H3. The molecule has 34 heavy (non-hydrogen) atoms. The molecule has 0 spiro atoms. The highest BCUT2D eigenvalue weighted by atomic mass is 14.3. The summed E-state index contributed by atoms with van der Waals surface area (Å²) in [5, 5.41) is 0. The van der Waals surface area contributed by atoms with Gasteiger partial charge in [-0.25, -0.2) is 0 Å². The molecule has 0 aliphatic rings. The molecule has 0 aromatic heterocycles. The van der Waals surface area contributed by atoms with E-state index in [2.05, 4.69) is 142 Å². The predicted octanol–water partition coefficient (Wildman–Crippen LogP) is 8.95. The lowest BCUT2D eigenvalue weighted by Gasteiger charge is -2.26. The highest BCUT2D eigenvalue weighted by Crippen LogP contribution is 2.39. The molecule has 3 unspecified atom stereocenters. The van der Waals surface area contributed by atoms with E-state index in [9.17, 15) is 0 Å². The van der Waals surface area contributed by atoms with Gasteiger partial charge < -0.3 is 0 Å². The van der Waals surface area contributed by atoms with Crippen LogP contribution in [0.25, 0.3) is 0 Å². The van der Waals surface area contributed by atoms with Gasteiger partial charge in [0.15, 0.2) is 0 Å². The van der Waals surface area contributed by atoms with Crippen LogP contribution in [0.15, 0.2) is 141 Å². The molecule has 4 aromatic rings. The van der Waals surface area contributed by atoms with E-state index in [4.69, 9.17) is 0 Å². The molecule has 0 saturated heterocycles. The van der Waals surface area contributed by atoms with E-state index < -0.39 is 0 Å². The molecule has 0 bridgehead atoms. The van der Waals surface area contributed by atoms with Crippen molar-refractivity contribution < 1.29 is 0 Å². The lowest BCUT2D eigenvalue weighted by atomic mass is 9.78. The molecule has 0 heterocycles. The molecule has 0 fully saturated rings. The summed E-state index contributed by atoms with van der Waals surface area (Å²) in [5.74, 6) is 0.298. The van der Waals surface area contributed by atoms with Gasteiger partial charge in [0.25, 0.3) is 0 Å². The fourth-order valence-corrected chi connectivity index (χ4v) is 4.94. The maximum absolute atomic E-state index is 4.22. The van der Waals surface area contributed by atoms with Gasteiger partial charge in [0.1, 0.15) is 0 Å². The maximum atomic E-state index is 4.22. The van der Waals surface area contributed by atoms with Crippen LogP contribution in [0.3, 0.4) is 0 Å². The van der Waals surface area contributed by atoms with Crippen LogP contribution in [0.2, 0.25) is 0 Å². The van der Waals surface area contributed by atoms with E-state index in [-0.39, 0.29) is 17.8 Å². The van der Waals surface area contributed by atoms with Crippen LogP contribution in [0.5, 0.6) is 0 Å². The zero-order valence-corrected chi connectivity index (χ0v) is 19.9. The summed E-state index contributed by atoms with van der Waals surface area (Å²) in [6.45, 7) is 14.9. The van der Waals surface area contributed by atoms with Crippen molar-refractivity contribution >= 4 is 0 Å².